The maximum atomic E-state index is 12.7. The van der Waals surface area contributed by atoms with Crippen LogP contribution in [-0.2, 0) is 25.7 Å². The van der Waals surface area contributed by atoms with Crippen molar-refractivity contribution in [2.75, 3.05) is 39.8 Å². The Balaban J connectivity index is 1.49. The molecular weight excluding hydrogens is 388 g/mol. The van der Waals surface area contributed by atoms with E-state index < -0.39 is 17.8 Å². The van der Waals surface area contributed by atoms with E-state index in [9.17, 15) is 19.2 Å². The maximum absolute atomic E-state index is 12.7. The summed E-state index contributed by atoms with van der Waals surface area (Å²) in [6.07, 6.45) is 1.20. The Morgan fingerprint density at radius 3 is 2.33 bits per heavy atom. The summed E-state index contributed by atoms with van der Waals surface area (Å²) in [5.41, 5.74) is 2.15. The highest BCUT2D eigenvalue weighted by Crippen LogP contribution is 2.20. The largest absolute Gasteiger partial charge is 0.468 e. The number of benzene rings is 1. The number of piperidine rings is 1. The molecule has 1 aromatic rings. The number of rotatable bonds is 5. The Morgan fingerprint density at radius 1 is 1.03 bits per heavy atom. The number of urea groups is 1. The fraction of sp³-hybridized carbons (Fsp3) is 0.524. The summed E-state index contributed by atoms with van der Waals surface area (Å²) in [5.74, 6) is -1.45. The fourth-order valence-corrected chi connectivity index (χ4v) is 3.82. The Hall–Kier alpha value is -3.10. The molecule has 0 atom stereocenters. The van der Waals surface area contributed by atoms with Gasteiger partial charge in [-0.2, -0.15) is 0 Å². The zero-order valence-electron chi connectivity index (χ0n) is 17.4. The van der Waals surface area contributed by atoms with Gasteiger partial charge in [-0.05, 0) is 25.3 Å². The molecule has 9 nitrogen and oxygen atoms in total. The summed E-state index contributed by atoms with van der Waals surface area (Å²) in [6, 6.07) is 7.54. The van der Waals surface area contributed by atoms with Gasteiger partial charge >= 0.3 is 23.8 Å². The van der Waals surface area contributed by atoms with E-state index in [0.717, 1.165) is 11.1 Å². The van der Waals surface area contributed by atoms with Crippen LogP contribution in [0.1, 0.15) is 24.0 Å². The standard InChI is InChI=1S/C21H28N4O5/c1-15-3-5-16(6-4-15)14-24-11-12-25(20(28)19(24)27)17-7-9-23(10-8-17)21(29)22-13-18(26)30-2/h3-6,17H,7-14H2,1-2H3,(H,22,29). The molecule has 2 aliphatic rings. The average Bonchev–Trinajstić information content (AvgIpc) is 2.76. The van der Waals surface area contributed by atoms with E-state index >= 15 is 0 Å². The van der Waals surface area contributed by atoms with E-state index in [0.29, 0.717) is 45.6 Å². The smallest absolute Gasteiger partial charge is 0.325 e. The molecule has 0 spiro atoms. The molecule has 2 aliphatic heterocycles. The Kier molecular flexibility index (Phi) is 6.91. The van der Waals surface area contributed by atoms with Crippen LogP contribution in [0.2, 0.25) is 0 Å². The van der Waals surface area contributed by atoms with E-state index in [2.05, 4.69) is 10.1 Å². The van der Waals surface area contributed by atoms with Gasteiger partial charge in [0.1, 0.15) is 6.54 Å². The molecule has 0 aliphatic carbocycles. The fourth-order valence-electron chi connectivity index (χ4n) is 3.82. The normalized spacial score (nSPS) is 17.9. The first kappa shape index (κ1) is 21.6. The van der Waals surface area contributed by atoms with Crippen LogP contribution >= 0.6 is 0 Å². The van der Waals surface area contributed by atoms with Crippen molar-refractivity contribution in [2.45, 2.75) is 32.4 Å². The Bertz CT molecular complexity index is 802. The topological polar surface area (TPSA) is 99.3 Å². The number of likely N-dealkylation sites (tertiary alicyclic amines) is 1. The van der Waals surface area contributed by atoms with Crippen LogP contribution in [0.25, 0.3) is 0 Å². The van der Waals surface area contributed by atoms with Crippen LogP contribution in [0.4, 0.5) is 4.79 Å². The molecular formula is C21H28N4O5. The first-order valence-corrected chi connectivity index (χ1v) is 10.1. The van der Waals surface area contributed by atoms with Crippen LogP contribution in [-0.4, -0.2) is 84.4 Å². The van der Waals surface area contributed by atoms with Crippen molar-refractivity contribution in [3.63, 3.8) is 0 Å². The van der Waals surface area contributed by atoms with Crippen LogP contribution in [0, 0.1) is 6.92 Å². The maximum Gasteiger partial charge on any atom is 0.325 e. The number of nitrogens with zero attached hydrogens (tertiary/aromatic N) is 3. The van der Waals surface area contributed by atoms with Crippen LogP contribution in [0.5, 0.6) is 0 Å². The van der Waals surface area contributed by atoms with Crippen molar-refractivity contribution in [1.82, 2.24) is 20.0 Å². The van der Waals surface area contributed by atoms with Crippen molar-refractivity contribution >= 4 is 23.8 Å². The summed E-state index contributed by atoms with van der Waals surface area (Å²) in [7, 11) is 1.26. The SMILES string of the molecule is COC(=O)CNC(=O)N1CCC(N2CCN(Cc3ccc(C)cc3)C(=O)C2=O)CC1. The van der Waals surface area contributed by atoms with E-state index in [4.69, 9.17) is 0 Å². The van der Waals surface area contributed by atoms with Gasteiger partial charge in [-0.3, -0.25) is 14.4 Å². The lowest BCUT2D eigenvalue weighted by atomic mass is 10.0. The number of ether oxygens (including phenoxy) is 1. The van der Waals surface area contributed by atoms with E-state index in [-0.39, 0.29) is 18.6 Å². The lowest BCUT2D eigenvalue weighted by Crippen LogP contribution is -2.59. The van der Waals surface area contributed by atoms with Gasteiger partial charge < -0.3 is 24.8 Å². The number of carbonyl (C=O) groups is 4. The summed E-state index contributed by atoms with van der Waals surface area (Å²) in [4.78, 5) is 53.4. The van der Waals surface area contributed by atoms with Gasteiger partial charge in [0, 0.05) is 38.8 Å². The van der Waals surface area contributed by atoms with E-state index in [1.165, 1.54) is 7.11 Å². The number of esters is 1. The zero-order chi connectivity index (χ0) is 21.7. The minimum atomic E-state index is -0.508. The third-order valence-corrected chi connectivity index (χ3v) is 5.64. The zero-order valence-corrected chi connectivity index (χ0v) is 17.4. The molecule has 30 heavy (non-hydrogen) atoms. The predicted molar refractivity (Wildman–Crippen MR) is 108 cm³/mol. The second kappa shape index (κ2) is 9.60. The highest BCUT2D eigenvalue weighted by atomic mass is 16.5. The molecule has 4 amide bonds. The summed E-state index contributed by atoms with van der Waals surface area (Å²) in [6.45, 7) is 4.17. The van der Waals surface area contributed by atoms with Gasteiger partial charge in [-0.1, -0.05) is 29.8 Å². The van der Waals surface area contributed by atoms with E-state index in [1.807, 2.05) is 31.2 Å². The molecule has 2 fully saturated rings. The lowest BCUT2D eigenvalue weighted by Gasteiger charge is -2.42. The minimum absolute atomic E-state index is 0.0624. The van der Waals surface area contributed by atoms with Crippen LogP contribution in [0.3, 0.4) is 0 Å². The van der Waals surface area contributed by atoms with Crippen LogP contribution in [0.15, 0.2) is 24.3 Å². The van der Waals surface area contributed by atoms with Crippen LogP contribution < -0.4 is 5.32 Å². The number of hydrogen-bond acceptors (Lipinski definition) is 5. The van der Waals surface area contributed by atoms with Crippen molar-refractivity contribution in [3.8, 4) is 0 Å². The van der Waals surface area contributed by atoms with Gasteiger partial charge in [0.15, 0.2) is 0 Å². The van der Waals surface area contributed by atoms with Crippen molar-refractivity contribution in [2.24, 2.45) is 0 Å². The molecule has 9 heteroatoms. The second-order valence-corrected chi connectivity index (χ2v) is 7.66. The molecule has 0 unspecified atom stereocenters. The number of amides is 4. The monoisotopic (exact) mass is 416 g/mol. The van der Waals surface area contributed by atoms with Gasteiger partial charge in [0.2, 0.25) is 0 Å². The number of carbonyl (C=O) groups excluding carboxylic acids is 4. The number of piperazine rings is 1. The first-order chi connectivity index (χ1) is 14.4. The molecule has 1 aromatic carbocycles. The summed E-state index contributed by atoms with van der Waals surface area (Å²) in [5, 5.41) is 2.52. The number of hydrogen-bond donors (Lipinski definition) is 1. The van der Waals surface area contributed by atoms with E-state index in [1.54, 1.807) is 14.7 Å². The van der Waals surface area contributed by atoms with Crippen molar-refractivity contribution in [3.05, 3.63) is 35.4 Å². The van der Waals surface area contributed by atoms with Gasteiger partial charge in [0.05, 0.1) is 7.11 Å². The lowest BCUT2D eigenvalue weighted by molar-refractivity contribution is -0.158. The van der Waals surface area contributed by atoms with Gasteiger partial charge in [-0.15, -0.1) is 0 Å². The van der Waals surface area contributed by atoms with Crippen molar-refractivity contribution < 1.29 is 23.9 Å². The molecule has 0 aromatic heterocycles. The molecule has 3 rings (SSSR count). The molecule has 1 N–H and O–H groups in total. The Labute approximate surface area is 175 Å². The van der Waals surface area contributed by atoms with Crippen molar-refractivity contribution in [1.29, 1.82) is 0 Å². The Morgan fingerprint density at radius 2 is 1.70 bits per heavy atom. The predicted octanol–water partition coefficient (Wildman–Crippen LogP) is 0.513. The third-order valence-electron chi connectivity index (χ3n) is 5.64. The molecule has 2 heterocycles. The molecule has 2 saturated heterocycles. The number of methoxy groups -OCH3 is 1. The first-order valence-electron chi connectivity index (χ1n) is 10.1. The minimum Gasteiger partial charge on any atom is -0.468 e. The molecule has 0 radical (unpaired) electrons. The molecule has 0 bridgehead atoms. The van der Waals surface area contributed by atoms with Gasteiger partial charge in [-0.25, -0.2) is 4.79 Å². The number of aryl methyl sites for hydroxylation is 1. The third kappa shape index (κ3) is 5.08. The highest BCUT2D eigenvalue weighted by Gasteiger charge is 2.38. The average molecular weight is 416 g/mol. The van der Waals surface area contributed by atoms with Gasteiger partial charge in [0.25, 0.3) is 0 Å². The second-order valence-electron chi connectivity index (χ2n) is 7.66. The quantitative estimate of drug-likeness (QED) is 0.557. The number of nitrogens with one attached hydrogen (secondary N) is 1. The highest BCUT2D eigenvalue weighted by molar-refractivity contribution is 6.35. The molecule has 0 saturated carbocycles. The molecule has 162 valence electrons. The summed E-state index contributed by atoms with van der Waals surface area (Å²) < 4.78 is 4.51. The summed E-state index contributed by atoms with van der Waals surface area (Å²) >= 11 is 0.